The van der Waals surface area contributed by atoms with Crippen LogP contribution in [0.4, 0.5) is 0 Å². The summed E-state index contributed by atoms with van der Waals surface area (Å²) >= 11 is 0. The maximum atomic E-state index is 12.8. The molecular weight excluding hydrogens is 340 g/mol. The van der Waals surface area contributed by atoms with Gasteiger partial charge in [0.1, 0.15) is 6.26 Å². The quantitative estimate of drug-likeness (QED) is 0.797. The molecule has 1 saturated heterocycles. The minimum Gasteiger partial charge on any atom is -0.472 e. The lowest BCUT2D eigenvalue weighted by Gasteiger charge is -2.37. The van der Waals surface area contributed by atoms with Crippen molar-refractivity contribution < 1.29 is 14.0 Å². The van der Waals surface area contributed by atoms with Crippen LogP contribution in [0.5, 0.6) is 0 Å². The van der Waals surface area contributed by atoms with Crippen molar-refractivity contribution in [1.29, 1.82) is 0 Å². The summed E-state index contributed by atoms with van der Waals surface area (Å²) in [5.41, 5.74) is 2.96. The Morgan fingerprint density at radius 2 is 2.04 bits per heavy atom. The molecule has 0 spiro atoms. The fourth-order valence-electron chi connectivity index (χ4n) is 3.61. The molecule has 5 heteroatoms. The van der Waals surface area contributed by atoms with Crippen molar-refractivity contribution in [2.45, 2.75) is 25.7 Å². The molecule has 0 radical (unpaired) electrons. The van der Waals surface area contributed by atoms with Gasteiger partial charge < -0.3 is 14.6 Å². The van der Waals surface area contributed by atoms with E-state index in [-0.39, 0.29) is 23.7 Å². The number of rotatable bonds is 6. The zero-order valence-electron chi connectivity index (χ0n) is 15.7. The van der Waals surface area contributed by atoms with Crippen LogP contribution in [0.25, 0.3) is 0 Å². The summed E-state index contributed by atoms with van der Waals surface area (Å²) in [6, 6.07) is 10.1. The molecule has 1 aromatic carbocycles. The lowest BCUT2D eigenvalue weighted by Crippen LogP contribution is -2.48. The average molecular weight is 366 g/mol. The molecule has 1 N–H and O–H groups in total. The third kappa shape index (κ3) is 4.48. The highest BCUT2D eigenvalue weighted by atomic mass is 16.3. The first-order chi connectivity index (χ1) is 13.1. The predicted molar refractivity (Wildman–Crippen MR) is 104 cm³/mol. The van der Waals surface area contributed by atoms with E-state index in [0.29, 0.717) is 25.2 Å². The maximum Gasteiger partial charge on any atom is 0.257 e. The molecule has 1 aromatic heterocycles. The van der Waals surface area contributed by atoms with Crippen molar-refractivity contribution in [1.82, 2.24) is 10.2 Å². The van der Waals surface area contributed by atoms with Crippen LogP contribution in [0.3, 0.4) is 0 Å². The summed E-state index contributed by atoms with van der Waals surface area (Å²) < 4.78 is 5.05. The minimum atomic E-state index is -0.245. The molecule has 142 valence electrons. The third-order valence-electron chi connectivity index (χ3n) is 5.16. The fraction of sp³-hybridized carbons (Fsp3) is 0.364. The minimum absolute atomic E-state index is 0.0326. The molecule has 3 rings (SSSR count). The van der Waals surface area contributed by atoms with E-state index >= 15 is 0 Å². The third-order valence-corrected chi connectivity index (χ3v) is 5.16. The number of benzene rings is 1. The van der Waals surface area contributed by atoms with Crippen LogP contribution in [0.1, 0.15) is 40.7 Å². The summed E-state index contributed by atoms with van der Waals surface area (Å²) in [5, 5.41) is 2.87. The van der Waals surface area contributed by atoms with Gasteiger partial charge >= 0.3 is 0 Å². The zero-order chi connectivity index (χ0) is 19.2. The van der Waals surface area contributed by atoms with E-state index in [4.69, 9.17) is 4.42 Å². The number of aryl methyl sites for hydroxylation is 1. The fourth-order valence-corrected chi connectivity index (χ4v) is 3.61. The molecule has 1 fully saturated rings. The number of piperidine rings is 1. The van der Waals surface area contributed by atoms with E-state index < -0.39 is 0 Å². The number of hydrogen-bond acceptors (Lipinski definition) is 3. The van der Waals surface area contributed by atoms with Gasteiger partial charge in [-0.25, -0.2) is 0 Å². The van der Waals surface area contributed by atoms with E-state index in [9.17, 15) is 9.59 Å². The van der Waals surface area contributed by atoms with Gasteiger partial charge in [0.2, 0.25) is 5.91 Å². The molecular formula is C22H26N2O3. The maximum absolute atomic E-state index is 12.8. The molecule has 0 aliphatic carbocycles. The van der Waals surface area contributed by atoms with Gasteiger partial charge in [0.15, 0.2) is 0 Å². The van der Waals surface area contributed by atoms with Crippen LogP contribution in [-0.2, 0) is 11.2 Å². The van der Waals surface area contributed by atoms with E-state index in [2.05, 4.69) is 43.1 Å². The standard InChI is InChI=1S/C22H26N2O3/c1-3-10-23-21(25)20-12-19(17-7-5-16(4-2)6-8-17)13-24(14-20)22(26)18-9-11-27-15-18/h3,5-9,11,15,19-20H,1,4,10,12-14H2,2H3,(H,23,25)/t19-,20+/m0/s1. The highest BCUT2D eigenvalue weighted by molar-refractivity contribution is 5.94. The van der Waals surface area contributed by atoms with Crippen molar-refractivity contribution >= 4 is 11.8 Å². The largest absolute Gasteiger partial charge is 0.472 e. The molecule has 1 aliphatic rings. The molecule has 2 aromatic rings. The Morgan fingerprint density at radius 3 is 2.67 bits per heavy atom. The van der Waals surface area contributed by atoms with Gasteiger partial charge in [-0.05, 0) is 30.0 Å². The number of carbonyl (C=O) groups is 2. The molecule has 1 aliphatic heterocycles. The number of amides is 2. The summed E-state index contributed by atoms with van der Waals surface area (Å²) in [5.74, 6) is -0.250. The van der Waals surface area contributed by atoms with E-state index in [1.54, 1.807) is 17.0 Å². The Hall–Kier alpha value is -2.82. The summed E-state index contributed by atoms with van der Waals surface area (Å²) in [6.07, 6.45) is 6.32. The summed E-state index contributed by atoms with van der Waals surface area (Å²) in [4.78, 5) is 27.2. The van der Waals surface area contributed by atoms with Gasteiger partial charge in [0, 0.05) is 25.6 Å². The number of likely N-dealkylation sites (tertiary alicyclic amines) is 1. The first kappa shape index (κ1) is 19.0. The number of nitrogens with zero attached hydrogens (tertiary/aromatic N) is 1. The van der Waals surface area contributed by atoms with Crippen LogP contribution >= 0.6 is 0 Å². The topological polar surface area (TPSA) is 62.6 Å². The lowest BCUT2D eigenvalue weighted by atomic mass is 9.83. The van der Waals surface area contributed by atoms with Gasteiger partial charge in [-0.2, -0.15) is 0 Å². The average Bonchev–Trinajstić information content (AvgIpc) is 3.26. The number of furan rings is 1. The summed E-state index contributed by atoms with van der Waals surface area (Å²) in [6.45, 7) is 7.21. The van der Waals surface area contributed by atoms with Crippen molar-refractivity contribution in [3.05, 3.63) is 72.2 Å². The molecule has 2 heterocycles. The van der Waals surface area contributed by atoms with E-state index in [0.717, 1.165) is 12.8 Å². The Bertz CT molecular complexity index is 780. The molecule has 27 heavy (non-hydrogen) atoms. The van der Waals surface area contributed by atoms with E-state index in [1.165, 1.54) is 23.7 Å². The van der Waals surface area contributed by atoms with Crippen molar-refractivity contribution in [2.75, 3.05) is 19.6 Å². The monoisotopic (exact) mass is 366 g/mol. The SMILES string of the molecule is C=CCNC(=O)[C@@H]1C[C@H](c2ccc(CC)cc2)CN(C(=O)c2ccoc2)C1. The smallest absolute Gasteiger partial charge is 0.257 e. The van der Waals surface area contributed by atoms with Crippen LogP contribution in [0, 0.1) is 5.92 Å². The Balaban J connectivity index is 1.82. The van der Waals surface area contributed by atoms with Crippen molar-refractivity contribution in [2.24, 2.45) is 5.92 Å². The first-order valence-corrected chi connectivity index (χ1v) is 9.41. The van der Waals surface area contributed by atoms with Crippen LogP contribution in [0.2, 0.25) is 0 Å². The van der Waals surface area contributed by atoms with Gasteiger partial charge in [-0.3, -0.25) is 9.59 Å². The van der Waals surface area contributed by atoms with Crippen molar-refractivity contribution in [3.63, 3.8) is 0 Å². The Kier molecular flexibility index (Phi) is 6.12. The van der Waals surface area contributed by atoms with Crippen molar-refractivity contribution in [3.8, 4) is 0 Å². The number of carbonyl (C=O) groups excluding carboxylic acids is 2. The molecule has 5 nitrogen and oxygen atoms in total. The molecule has 0 saturated carbocycles. The second-order valence-corrected chi connectivity index (χ2v) is 6.98. The van der Waals surface area contributed by atoms with Crippen LogP contribution in [0.15, 0.2) is 59.9 Å². The van der Waals surface area contributed by atoms with Gasteiger partial charge in [-0.1, -0.05) is 37.3 Å². The van der Waals surface area contributed by atoms with Crippen LogP contribution < -0.4 is 5.32 Å². The second-order valence-electron chi connectivity index (χ2n) is 6.98. The van der Waals surface area contributed by atoms with Gasteiger partial charge in [0.25, 0.3) is 5.91 Å². The Labute approximate surface area is 160 Å². The lowest BCUT2D eigenvalue weighted by molar-refractivity contribution is -0.126. The number of nitrogens with one attached hydrogen (secondary N) is 1. The first-order valence-electron chi connectivity index (χ1n) is 9.41. The highest BCUT2D eigenvalue weighted by Gasteiger charge is 2.34. The predicted octanol–water partition coefficient (Wildman–Crippen LogP) is 3.39. The normalized spacial score (nSPS) is 19.5. The zero-order valence-corrected chi connectivity index (χ0v) is 15.7. The highest BCUT2D eigenvalue weighted by Crippen LogP contribution is 2.31. The van der Waals surface area contributed by atoms with Gasteiger partial charge in [0.05, 0.1) is 17.7 Å². The summed E-state index contributed by atoms with van der Waals surface area (Å²) in [7, 11) is 0. The molecule has 2 amide bonds. The second kappa shape index (κ2) is 8.71. The molecule has 2 atom stereocenters. The molecule has 0 bridgehead atoms. The van der Waals surface area contributed by atoms with Gasteiger partial charge in [-0.15, -0.1) is 6.58 Å². The molecule has 0 unspecified atom stereocenters. The number of hydrogen-bond donors (Lipinski definition) is 1. The van der Waals surface area contributed by atoms with Crippen LogP contribution in [-0.4, -0.2) is 36.3 Å². The van der Waals surface area contributed by atoms with E-state index in [1.807, 2.05) is 0 Å². The Morgan fingerprint density at radius 1 is 1.26 bits per heavy atom.